The van der Waals surface area contributed by atoms with E-state index in [1.165, 1.54) is 0 Å². The molecule has 0 saturated heterocycles. The second kappa shape index (κ2) is 10.2. The number of nitrogens with one attached hydrogen (secondary N) is 2. The first-order valence-electron chi connectivity index (χ1n) is 13.7. The van der Waals surface area contributed by atoms with Crippen molar-refractivity contribution >= 4 is 28.0 Å². The van der Waals surface area contributed by atoms with Crippen molar-refractivity contribution in [3.05, 3.63) is 114 Å². The molecule has 1 amide bonds. The molecule has 4 aromatic carbocycles. The van der Waals surface area contributed by atoms with Crippen LogP contribution >= 0.6 is 0 Å². The molecule has 0 aliphatic rings. The monoisotopic (exact) mass is 591 g/mol. The molecule has 7 rings (SSSR count). The summed E-state index contributed by atoms with van der Waals surface area (Å²) in [6.07, 6.45) is -1.32. The Morgan fingerprint density at radius 3 is 2.09 bits per heavy atom. The highest BCUT2D eigenvalue weighted by atomic mass is 19.4. The van der Waals surface area contributed by atoms with Gasteiger partial charge in [-0.15, -0.1) is 0 Å². The summed E-state index contributed by atoms with van der Waals surface area (Å²) in [5, 5.41) is 0. The first-order chi connectivity index (χ1) is 21.1. The fourth-order valence-electron chi connectivity index (χ4n) is 5.52. The summed E-state index contributed by atoms with van der Waals surface area (Å²) in [7, 11) is 0. The largest absolute Gasteiger partial charge is 0.416 e. The van der Waals surface area contributed by atoms with Gasteiger partial charge in [-0.25, -0.2) is 15.0 Å². The summed E-state index contributed by atoms with van der Waals surface area (Å²) < 4.78 is 43.9. The minimum absolute atomic E-state index is 0.249. The number of imidazole rings is 3. The molecule has 0 unspecified atom stereocenters. The minimum Gasteiger partial charge on any atom is -0.366 e. The number of nitrogens with zero attached hydrogens (tertiary/aromatic N) is 4. The van der Waals surface area contributed by atoms with E-state index in [0.29, 0.717) is 33.9 Å². The Hall–Kier alpha value is -5.71. The zero-order valence-electron chi connectivity index (χ0n) is 23.3. The van der Waals surface area contributed by atoms with Crippen molar-refractivity contribution in [3.63, 3.8) is 0 Å². The summed E-state index contributed by atoms with van der Waals surface area (Å²) in [5.41, 5.74) is 12.6. The third-order valence-electron chi connectivity index (χ3n) is 7.60. The van der Waals surface area contributed by atoms with Crippen molar-refractivity contribution in [3.8, 4) is 33.9 Å². The number of nitrogens with two attached hydrogens (primary N) is 1. The SMILES string of the molecule is Cc1cc(-c2nc(-c3ccc4nc[nH]c4c3)c(-c3ccc4nc[nH]c4c3)n2Cc2ccc(C(N)=O)cc2)cc(C(F)(F)F)c1. The summed E-state index contributed by atoms with van der Waals surface area (Å²) in [4.78, 5) is 31.7. The summed E-state index contributed by atoms with van der Waals surface area (Å²) in [5.74, 6) is -0.193. The van der Waals surface area contributed by atoms with Crippen LogP contribution in [0.1, 0.15) is 27.0 Å². The number of halogens is 3. The average Bonchev–Trinajstić information content (AvgIpc) is 3.74. The lowest BCUT2D eigenvalue weighted by Gasteiger charge is -2.16. The smallest absolute Gasteiger partial charge is 0.366 e. The van der Waals surface area contributed by atoms with Crippen LogP contribution in [0.4, 0.5) is 13.2 Å². The predicted molar refractivity (Wildman–Crippen MR) is 162 cm³/mol. The van der Waals surface area contributed by atoms with Crippen LogP contribution in [0.3, 0.4) is 0 Å². The van der Waals surface area contributed by atoms with Gasteiger partial charge in [-0.3, -0.25) is 4.79 Å². The van der Waals surface area contributed by atoms with Crippen LogP contribution in [0.25, 0.3) is 56.0 Å². The highest BCUT2D eigenvalue weighted by Crippen LogP contribution is 2.40. The predicted octanol–water partition coefficient (Wildman–Crippen LogP) is 7.11. The molecule has 3 aromatic heterocycles. The Morgan fingerprint density at radius 1 is 0.818 bits per heavy atom. The van der Waals surface area contributed by atoms with Crippen LogP contribution in [-0.2, 0) is 12.7 Å². The molecular weight excluding hydrogens is 567 g/mol. The van der Waals surface area contributed by atoms with Gasteiger partial charge in [0.25, 0.3) is 0 Å². The van der Waals surface area contributed by atoms with E-state index in [-0.39, 0.29) is 6.54 Å². The Kier molecular flexibility index (Phi) is 6.31. The number of H-pyrrole nitrogens is 2. The molecule has 0 radical (unpaired) electrons. The van der Waals surface area contributed by atoms with Crippen molar-refractivity contribution in [1.82, 2.24) is 29.5 Å². The van der Waals surface area contributed by atoms with Crippen molar-refractivity contribution in [2.45, 2.75) is 19.6 Å². The summed E-state index contributed by atoms with van der Waals surface area (Å²) in [6, 6.07) is 22.2. The Balaban J connectivity index is 1.52. The maximum atomic E-state index is 14.0. The number of carbonyl (C=O) groups is 1. The third kappa shape index (κ3) is 4.87. The molecule has 4 N–H and O–H groups in total. The number of amides is 1. The van der Waals surface area contributed by atoms with Gasteiger partial charge in [0.05, 0.1) is 51.7 Å². The topological polar surface area (TPSA) is 118 Å². The number of fused-ring (bicyclic) bond motifs is 2. The van der Waals surface area contributed by atoms with E-state index in [4.69, 9.17) is 10.7 Å². The number of rotatable bonds is 6. The van der Waals surface area contributed by atoms with Crippen molar-refractivity contribution in [1.29, 1.82) is 0 Å². The van der Waals surface area contributed by atoms with E-state index in [2.05, 4.69) is 19.9 Å². The van der Waals surface area contributed by atoms with Crippen molar-refractivity contribution in [2.24, 2.45) is 5.73 Å². The molecule has 218 valence electrons. The second-order valence-electron chi connectivity index (χ2n) is 10.6. The standard InChI is InChI=1S/C33H24F3N7O/c1-18-10-23(12-24(11-18)33(34,35)36)32-42-29(21-6-8-25-27(13-21)40-16-38-25)30(22-7-9-26-28(14-22)41-17-39-26)43(32)15-19-2-4-20(5-3-19)31(37)44/h2-14,16-17H,15H2,1H3,(H2,37,44)(H,38,40)(H,39,41). The Labute approximate surface area is 248 Å². The number of hydrogen-bond acceptors (Lipinski definition) is 4. The van der Waals surface area contributed by atoms with E-state index in [9.17, 15) is 18.0 Å². The highest BCUT2D eigenvalue weighted by Gasteiger charge is 2.32. The van der Waals surface area contributed by atoms with Gasteiger partial charge < -0.3 is 20.3 Å². The van der Waals surface area contributed by atoms with Crippen LogP contribution < -0.4 is 5.73 Å². The maximum Gasteiger partial charge on any atom is 0.416 e. The normalized spacial score (nSPS) is 11.9. The molecule has 0 aliphatic heterocycles. The zero-order valence-corrected chi connectivity index (χ0v) is 23.3. The van der Waals surface area contributed by atoms with E-state index in [1.807, 2.05) is 41.0 Å². The number of aromatic nitrogens is 6. The highest BCUT2D eigenvalue weighted by molar-refractivity contribution is 5.93. The van der Waals surface area contributed by atoms with Gasteiger partial charge in [0, 0.05) is 28.8 Å². The van der Waals surface area contributed by atoms with Gasteiger partial charge in [-0.1, -0.05) is 24.3 Å². The molecule has 7 aromatic rings. The summed E-state index contributed by atoms with van der Waals surface area (Å²) in [6.45, 7) is 1.88. The number of carbonyl (C=O) groups excluding carboxylic acids is 1. The number of benzene rings is 4. The maximum absolute atomic E-state index is 14.0. The van der Waals surface area contributed by atoms with Gasteiger partial charge in [-0.2, -0.15) is 13.2 Å². The van der Waals surface area contributed by atoms with Gasteiger partial charge in [0.1, 0.15) is 5.82 Å². The quantitative estimate of drug-likeness (QED) is 0.191. The molecule has 44 heavy (non-hydrogen) atoms. The molecule has 0 atom stereocenters. The molecule has 0 spiro atoms. The fraction of sp³-hybridized carbons (Fsp3) is 0.0909. The zero-order chi connectivity index (χ0) is 30.6. The van der Waals surface area contributed by atoms with E-state index in [0.717, 1.165) is 50.9 Å². The van der Waals surface area contributed by atoms with Crippen LogP contribution in [0, 0.1) is 6.92 Å². The number of alkyl halides is 3. The van der Waals surface area contributed by atoms with Gasteiger partial charge in [-0.05, 0) is 72.6 Å². The lowest BCUT2D eigenvalue weighted by molar-refractivity contribution is -0.137. The Morgan fingerprint density at radius 2 is 1.45 bits per heavy atom. The Bertz CT molecular complexity index is 2190. The molecule has 0 saturated carbocycles. The molecule has 0 bridgehead atoms. The number of primary amides is 1. The van der Waals surface area contributed by atoms with E-state index < -0.39 is 17.6 Å². The van der Waals surface area contributed by atoms with Gasteiger partial charge in [0.15, 0.2) is 0 Å². The molecule has 11 heteroatoms. The molecule has 8 nitrogen and oxygen atoms in total. The second-order valence-corrected chi connectivity index (χ2v) is 10.6. The molecular formula is C33H24F3N7O. The minimum atomic E-state index is -4.54. The van der Waals surface area contributed by atoms with Gasteiger partial charge in [0.2, 0.25) is 5.91 Å². The number of hydrogen-bond donors (Lipinski definition) is 3. The third-order valence-corrected chi connectivity index (χ3v) is 7.60. The molecule has 0 fully saturated rings. The lowest BCUT2D eigenvalue weighted by Crippen LogP contribution is -2.11. The average molecular weight is 592 g/mol. The van der Waals surface area contributed by atoms with Gasteiger partial charge >= 0.3 is 6.18 Å². The fourth-order valence-corrected chi connectivity index (χ4v) is 5.52. The van der Waals surface area contributed by atoms with E-state index in [1.54, 1.807) is 49.9 Å². The first-order valence-corrected chi connectivity index (χ1v) is 13.7. The van der Waals surface area contributed by atoms with Crippen LogP contribution in [0.15, 0.2) is 91.5 Å². The molecule has 3 heterocycles. The van der Waals surface area contributed by atoms with Crippen LogP contribution in [-0.4, -0.2) is 35.4 Å². The van der Waals surface area contributed by atoms with Crippen molar-refractivity contribution < 1.29 is 18.0 Å². The number of aromatic amines is 2. The van der Waals surface area contributed by atoms with Crippen LogP contribution in [0.2, 0.25) is 0 Å². The van der Waals surface area contributed by atoms with Crippen molar-refractivity contribution in [2.75, 3.05) is 0 Å². The summed E-state index contributed by atoms with van der Waals surface area (Å²) >= 11 is 0. The van der Waals surface area contributed by atoms with Crippen LogP contribution in [0.5, 0.6) is 0 Å². The first kappa shape index (κ1) is 27.1. The molecule has 0 aliphatic carbocycles. The number of aryl methyl sites for hydroxylation is 1. The van der Waals surface area contributed by atoms with E-state index >= 15 is 0 Å². The lowest BCUT2D eigenvalue weighted by atomic mass is 10.0.